The predicted octanol–water partition coefficient (Wildman–Crippen LogP) is 6.53. The molecule has 7 nitrogen and oxygen atoms in total. The van der Waals surface area contributed by atoms with Crippen molar-refractivity contribution in [2.45, 2.75) is 63.3 Å². The molecule has 0 radical (unpaired) electrons. The summed E-state index contributed by atoms with van der Waals surface area (Å²) >= 11 is 0. The van der Waals surface area contributed by atoms with Crippen LogP contribution >= 0.6 is 0 Å². The van der Waals surface area contributed by atoms with Crippen LogP contribution in [0.4, 0.5) is 23.4 Å². The third-order valence-corrected chi connectivity index (χ3v) is 10.8. The van der Waals surface area contributed by atoms with Crippen LogP contribution < -0.4 is 9.64 Å². The monoisotopic (exact) mass is 621 g/mol. The highest BCUT2D eigenvalue weighted by Gasteiger charge is 2.53. The number of aromatic nitrogens is 3. The molecule has 1 N–H and O–H groups in total. The number of hydrogen-bond acceptors (Lipinski definition) is 7. The first kappa shape index (κ1) is 28.7. The summed E-state index contributed by atoms with van der Waals surface area (Å²) in [6.45, 7) is 4.16. The Bertz CT molecular complexity index is 1810. The van der Waals surface area contributed by atoms with Crippen molar-refractivity contribution >= 4 is 27.5 Å². The Morgan fingerprint density at radius 1 is 1.04 bits per heavy atom. The number of aromatic hydroxyl groups is 1. The normalized spacial score (nSPS) is 28.0. The lowest BCUT2D eigenvalue weighted by Crippen LogP contribution is -2.49. The molecule has 0 spiro atoms. The zero-order valence-electron chi connectivity index (χ0n) is 25.1. The van der Waals surface area contributed by atoms with Gasteiger partial charge >= 0.3 is 6.01 Å². The van der Waals surface area contributed by atoms with Gasteiger partial charge in [0.1, 0.15) is 47.5 Å². The predicted molar refractivity (Wildman–Crippen MR) is 163 cm³/mol. The maximum Gasteiger partial charge on any atom is 0.319 e. The van der Waals surface area contributed by atoms with Crippen LogP contribution in [0.2, 0.25) is 0 Å². The Balaban J connectivity index is 1.28. The number of phenols is 1. The van der Waals surface area contributed by atoms with E-state index < -0.39 is 29.5 Å². The number of halogens is 4. The van der Waals surface area contributed by atoms with Gasteiger partial charge in [0.2, 0.25) is 0 Å². The van der Waals surface area contributed by atoms with Gasteiger partial charge in [-0.05, 0) is 79.6 Å². The number of rotatable bonds is 6. The first-order valence-electron chi connectivity index (χ1n) is 16.0. The molecule has 5 atom stereocenters. The van der Waals surface area contributed by atoms with E-state index in [1.165, 1.54) is 24.4 Å². The zero-order valence-corrected chi connectivity index (χ0v) is 25.1. The van der Waals surface area contributed by atoms with Gasteiger partial charge in [0.25, 0.3) is 0 Å². The molecule has 236 valence electrons. The largest absolute Gasteiger partial charge is 0.508 e. The fraction of sp³-hybridized carbons (Fsp3) is 0.500. The van der Waals surface area contributed by atoms with Gasteiger partial charge in [-0.2, -0.15) is 9.97 Å². The first-order chi connectivity index (χ1) is 21.8. The van der Waals surface area contributed by atoms with Crippen LogP contribution in [0, 0.1) is 23.5 Å². The molecule has 2 unspecified atom stereocenters. The number of nitrogens with zero attached hydrogens (tertiary/aromatic N) is 5. The van der Waals surface area contributed by atoms with Gasteiger partial charge in [0, 0.05) is 43.2 Å². The lowest BCUT2D eigenvalue weighted by Gasteiger charge is -2.36. The number of hydrogen-bond donors (Lipinski definition) is 1. The van der Waals surface area contributed by atoms with Crippen LogP contribution in [-0.4, -0.2) is 75.6 Å². The highest BCUT2D eigenvalue weighted by Crippen LogP contribution is 2.44. The number of piperidine rings is 1. The minimum atomic E-state index is -1.04. The van der Waals surface area contributed by atoms with E-state index in [2.05, 4.69) is 14.9 Å². The van der Waals surface area contributed by atoms with Crippen molar-refractivity contribution in [2.24, 2.45) is 11.8 Å². The topological polar surface area (TPSA) is 74.6 Å². The van der Waals surface area contributed by atoms with E-state index in [9.17, 15) is 13.9 Å². The minimum Gasteiger partial charge on any atom is -0.508 e. The molecule has 1 aliphatic carbocycles. The SMILES string of the molecule is CCc1c(F)ccc2cc(O)cc(-c3ncc4c(N5C[C@H]6CC[C@@H](C5)C6F)nc(OC[C@]56CCCN5CCC6F)nc4c3F)c12. The van der Waals surface area contributed by atoms with Gasteiger partial charge < -0.3 is 14.7 Å². The average molecular weight is 622 g/mol. The van der Waals surface area contributed by atoms with Crippen LogP contribution in [0.5, 0.6) is 11.8 Å². The van der Waals surface area contributed by atoms with Gasteiger partial charge in [-0.25, -0.2) is 17.6 Å². The van der Waals surface area contributed by atoms with Crippen LogP contribution in [-0.2, 0) is 6.42 Å². The molecule has 0 amide bonds. The smallest absolute Gasteiger partial charge is 0.319 e. The molecule has 1 saturated carbocycles. The molecule has 5 heterocycles. The lowest BCUT2D eigenvalue weighted by atomic mass is 9.93. The third-order valence-electron chi connectivity index (χ3n) is 10.8. The Morgan fingerprint density at radius 3 is 2.62 bits per heavy atom. The molecule has 45 heavy (non-hydrogen) atoms. The molecule has 2 aromatic heterocycles. The maximum absolute atomic E-state index is 16.8. The van der Waals surface area contributed by atoms with Crippen molar-refractivity contribution in [1.29, 1.82) is 0 Å². The summed E-state index contributed by atoms with van der Waals surface area (Å²) in [6.07, 6.45) is 3.45. The van der Waals surface area contributed by atoms with E-state index in [0.717, 1.165) is 25.8 Å². The summed E-state index contributed by atoms with van der Waals surface area (Å²) < 4.78 is 68.0. The molecule has 4 fully saturated rings. The summed E-state index contributed by atoms with van der Waals surface area (Å²) in [4.78, 5) is 17.8. The van der Waals surface area contributed by atoms with Gasteiger partial charge in [0.05, 0.1) is 10.9 Å². The number of aryl methyl sites for hydroxylation is 1. The average Bonchev–Trinajstić information content (AvgIpc) is 3.63. The van der Waals surface area contributed by atoms with Crippen molar-refractivity contribution in [2.75, 3.05) is 37.7 Å². The quantitative estimate of drug-likeness (QED) is 0.246. The van der Waals surface area contributed by atoms with E-state index in [0.29, 0.717) is 66.4 Å². The van der Waals surface area contributed by atoms with Crippen molar-refractivity contribution in [3.8, 4) is 23.0 Å². The number of phenolic OH excluding ortho intramolecular Hbond substituents is 1. The van der Waals surface area contributed by atoms with Gasteiger partial charge in [-0.3, -0.25) is 9.88 Å². The number of alkyl halides is 2. The first-order valence-corrected chi connectivity index (χ1v) is 16.0. The molecule has 4 aliphatic rings. The van der Waals surface area contributed by atoms with Gasteiger partial charge in [-0.15, -0.1) is 0 Å². The van der Waals surface area contributed by atoms with E-state index in [-0.39, 0.29) is 47.0 Å². The summed E-state index contributed by atoms with van der Waals surface area (Å²) in [5.74, 6) is -1.19. The number of ether oxygens (including phenoxy) is 1. The molecule has 2 aromatic carbocycles. The van der Waals surface area contributed by atoms with Crippen LogP contribution in [0.25, 0.3) is 32.9 Å². The Labute approximate surface area is 258 Å². The van der Waals surface area contributed by atoms with Crippen LogP contribution in [0.15, 0.2) is 30.5 Å². The molecular weight excluding hydrogens is 586 g/mol. The Morgan fingerprint density at radius 2 is 1.84 bits per heavy atom. The summed E-state index contributed by atoms with van der Waals surface area (Å²) in [5, 5.41) is 11.9. The number of fused-ring (bicyclic) bond motifs is 5. The molecule has 3 aliphatic heterocycles. The van der Waals surface area contributed by atoms with Crippen molar-refractivity contribution in [3.05, 3.63) is 47.7 Å². The van der Waals surface area contributed by atoms with E-state index >= 15 is 8.78 Å². The number of pyridine rings is 1. The van der Waals surface area contributed by atoms with Gasteiger partial charge in [0.15, 0.2) is 5.82 Å². The summed E-state index contributed by atoms with van der Waals surface area (Å²) in [6, 6.07) is 5.70. The maximum atomic E-state index is 16.8. The Hall–Kier alpha value is -3.73. The van der Waals surface area contributed by atoms with Crippen molar-refractivity contribution in [1.82, 2.24) is 19.9 Å². The Kier molecular flexibility index (Phi) is 6.81. The molecule has 4 aromatic rings. The van der Waals surface area contributed by atoms with E-state index in [1.54, 1.807) is 6.07 Å². The fourth-order valence-corrected chi connectivity index (χ4v) is 8.50. The molecule has 2 bridgehead atoms. The molecule has 3 saturated heterocycles. The zero-order chi connectivity index (χ0) is 31.0. The third kappa shape index (κ3) is 4.44. The van der Waals surface area contributed by atoms with Gasteiger partial charge in [-0.1, -0.05) is 13.0 Å². The summed E-state index contributed by atoms with van der Waals surface area (Å²) in [5.41, 5.74) is -0.274. The number of benzene rings is 2. The lowest BCUT2D eigenvalue weighted by molar-refractivity contribution is 0.0568. The summed E-state index contributed by atoms with van der Waals surface area (Å²) in [7, 11) is 0. The van der Waals surface area contributed by atoms with Crippen LogP contribution in [0.3, 0.4) is 0 Å². The van der Waals surface area contributed by atoms with E-state index in [1.807, 2.05) is 11.8 Å². The van der Waals surface area contributed by atoms with Crippen molar-refractivity contribution in [3.63, 3.8) is 0 Å². The molecular formula is C34H35F4N5O2. The van der Waals surface area contributed by atoms with Crippen LogP contribution in [0.1, 0.15) is 44.6 Å². The second kappa shape index (κ2) is 10.7. The van der Waals surface area contributed by atoms with Crippen molar-refractivity contribution < 1.29 is 27.4 Å². The standard InChI is InChI=1S/C34H35F4N5O2/c1-2-22-25(35)7-6-18-12-21(44)13-23(27(18)22)30-29(38)31-24(14-39-30)32(42-15-19-4-5-20(16-42)28(19)37)41-33(40-31)45-17-34-9-3-10-43(34)11-8-26(34)36/h6-7,12-14,19-20,26,28,44H,2-5,8-11,15-17H2,1H3/t19-,20+,26?,28?,34-/m0/s1. The second-order valence-corrected chi connectivity index (χ2v) is 13.2. The molecule has 8 rings (SSSR count). The minimum absolute atomic E-state index is 0.0345. The highest BCUT2D eigenvalue weighted by molar-refractivity contribution is 6.01. The highest BCUT2D eigenvalue weighted by atomic mass is 19.1. The number of anilines is 1. The molecule has 11 heteroatoms. The van der Waals surface area contributed by atoms with E-state index in [4.69, 9.17) is 9.72 Å². The fourth-order valence-electron chi connectivity index (χ4n) is 8.50. The second-order valence-electron chi connectivity index (χ2n) is 13.2.